The second kappa shape index (κ2) is 7.37. The maximum atomic E-state index is 12.5. The molecule has 2 heterocycles. The van der Waals surface area contributed by atoms with E-state index in [-0.39, 0.29) is 11.8 Å². The van der Waals surface area contributed by atoms with E-state index < -0.39 is 6.10 Å². The van der Waals surface area contributed by atoms with Crippen molar-refractivity contribution in [3.8, 4) is 17.0 Å². The van der Waals surface area contributed by atoms with Gasteiger partial charge in [0, 0.05) is 14.9 Å². The third kappa shape index (κ3) is 3.53. The van der Waals surface area contributed by atoms with Gasteiger partial charge in [0.1, 0.15) is 5.75 Å². The molecule has 2 amide bonds. The number of anilines is 2. The van der Waals surface area contributed by atoms with Crippen molar-refractivity contribution in [3.63, 3.8) is 0 Å². The van der Waals surface area contributed by atoms with Gasteiger partial charge in [-0.3, -0.25) is 14.9 Å². The first kappa shape index (κ1) is 18.6. The van der Waals surface area contributed by atoms with Crippen LogP contribution in [0.15, 0.2) is 46.9 Å². The summed E-state index contributed by atoms with van der Waals surface area (Å²) in [4.78, 5) is 29.9. The van der Waals surface area contributed by atoms with Gasteiger partial charge < -0.3 is 10.1 Å². The molecule has 0 fully saturated rings. The lowest BCUT2D eigenvalue weighted by Gasteiger charge is -2.23. The Morgan fingerprint density at radius 3 is 2.86 bits per heavy atom. The van der Waals surface area contributed by atoms with Crippen LogP contribution in [0.1, 0.15) is 22.2 Å². The van der Waals surface area contributed by atoms with Crippen molar-refractivity contribution < 1.29 is 14.3 Å². The molecule has 1 aliphatic rings. The molecule has 0 saturated carbocycles. The molecule has 2 N–H and O–H groups in total. The van der Waals surface area contributed by atoms with Gasteiger partial charge in [0.15, 0.2) is 11.2 Å². The third-order valence-electron chi connectivity index (χ3n) is 4.32. The van der Waals surface area contributed by atoms with Gasteiger partial charge in [-0.1, -0.05) is 12.1 Å². The van der Waals surface area contributed by atoms with Crippen LogP contribution in [0.25, 0.3) is 11.3 Å². The maximum Gasteiger partial charge on any atom is 0.265 e. The topological polar surface area (TPSA) is 80.3 Å². The molecule has 0 bridgehead atoms. The van der Waals surface area contributed by atoms with Gasteiger partial charge in [-0.15, -0.1) is 11.3 Å². The van der Waals surface area contributed by atoms with Crippen LogP contribution in [0.4, 0.5) is 10.8 Å². The summed E-state index contributed by atoms with van der Waals surface area (Å²) in [6, 6.07) is 12.8. The molecule has 0 saturated heterocycles. The molecular formula is C20H16BrN3O3S. The zero-order chi connectivity index (χ0) is 19.8. The molecule has 1 unspecified atom stereocenters. The molecule has 8 heteroatoms. The number of amides is 2. The highest BCUT2D eigenvalue weighted by Gasteiger charge is 2.24. The SMILES string of the molecule is Cc1sc(NC(=O)c2ccccc2Br)nc1-c1ccc2c(c1)NC(=O)C(C)O2. The summed E-state index contributed by atoms with van der Waals surface area (Å²) in [6.07, 6.45) is -0.515. The average molecular weight is 458 g/mol. The second-order valence-corrected chi connectivity index (χ2v) is 8.38. The van der Waals surface area contributed by atoms with Crippen LogP contribution in [0.2, 0.25) is 0 Å². The summed E-state index contributed by atoms with van der Waals surface area (Å²) in [5.74, 6) is 0.222. The first-order chi connectivity index (χ1) is 13.4. The van der Waals surface area contributed by atoms with Crippen molar-refractivity contribution in [1.29, 1.82) is 0 Å². The second-order valence-electron chi connectivity index (χ2n) is 6.32. The van der Waals surface area contributed by atoms with Gasteiger partial charge in [-0.2, -0.15) is 0 Å². The van der Waals surface area contributed by atoms with Crippen LogP contribution in [-0.2, 0) is 4.79 Å². The van der Waals surface area contributed by atoms with Crippen LogP contribution in [0.5, 0.6) is 5.75 Å². The summed E-state index contributed by atoms with van der Waals surface area (Å²) in [6.45, 7) is 3.65. The minimum atomic E-state index is -0.515. The van der Waals surface area contributed by atoms with E-state index in [1.165, 1.54) is 11.3 Å². The monoisotopic (exact) mass is 457 g/mol. The van der Waals surface area contributed by atoms with Gasteiger partial charge in [-0.05, 0) is 60.1 Å². The normalized spacial score (nSPS) is 15.4. The van der Waals surface area contributed by atoms with E-state index in [0.717, 1.165) is 20.6 Å². The summed E-state index contributed by atoms with van der Waals surface area (Å²) < 4.78 is 6.31. The Hall–Kier alpha value is -2.71. The average Bonchev–Trinajstić information content (AvgIpc) is 3.02. The molecular weight excluding hydrogens is 442 g/mol. The quantitative estimate of drug-likeness (QED) is 0.588. The van der Waals surface area contributed by atoms with Crippen molar-refractivity contribution in [2.75, 3.05) is 10.6 Å². The Bertz CT molecular complexity index is 1100. The molecule has 28 heavy (non-hydrogen) atoms. The Balaban J connectivity index is 1.60. The third-order valence-corrected chi connectivity index (χ3v) is 5.90. The molecule has 1 atom stereocenters. The van der Waals surface area contributed by atoms with E-state index in [1.54, 1.807) is 13.0 Å². The predicted octanol–water partition coefficient (Wildman–Crippen LogP) is 4.85. The maximum absolute atomic E-state index is 12.5. The standard InChI is InChI=1S/C20H16BrN3O3S/c1-10-18(25)22-15-9-12(7-8-16(15)27-10)17-11(2)28-20(23-17)24-19(26)13-5-3-4-6-14(13)21/h3-10H,1-2H3,(H,22,25)(H,23,24,26). The molecule has 2 aromatic carbocycles. The number of aromatic nitrogens is 1. The van der Waals surface area contributed by atoms with Gasteiger partial charge in [0.05, 0.1) is 16.9 Å². The van der Waals surface area contributed by atoms with Crippen molar-refractivity contribution >= 4 is 49.9 Å². The molecule has 3 aromatic rings. The molecule has 6 nitrogen and oxygen atoms in total. The zero-order valence-corrected chi connectivity index (χ0v) is 17.5. The lowest BCUT2D eigenvalue weighted by Crippen LogP contribution is -2.34. The highest BCUT2D eigenvalue weighted by atomic mass is 79.9. The molecule has 1 aromatic heterocycles. The summed E-state index contributed by atoms with van der Waals surface area (Å²) in [5, 5.41) is 6.21. The van der Waals surface area contributed by atoms with E-state index in [1.807, 2.05) is 43.3 Å². The van der Waals surface area contributed by atoms with Gasteiger partial charge in [0.25, 0.3) is 11.8 Å². The molecule has 0 aliphatic carbocycles. The molecule has 4 rings (SSSR count). The van der Waals surface area contributed by atoms with E-state index in [2.05, 4.69) is 31.5 Å². The smallest absolute Gasteiger partial charge is 0.265 e. The minimum Gasteiger partial charge on any atom is -0.479 e. The number of fused-ring (bicyclic) bond motifs is 1. The van der Waals surface area contributed by atoms with E-state index in [0.29, 0.717) is 22.1 Å². The van der Waals surface area contributed by atoms with Gasteiger partial charge in [-0.25, -0.2) is 4.98 Å². The van der Waals surface area contributed by atoms with Gasteiger partial charge >= 0.3 is 0 Å². The number of hydrogen-bond donors (Lipinski definition) is 2. The Kier molecular flexibility index (Phi) is 4.91. The first-order valence-electron chi connectivity index (χ1n) is 8.57. The number of nitrogens with zero attached hydrogens (tertiary/aromatic N) is 1. The van der Waals surface area contributed by atoms with E-state index in [9.17, 15) is 9.59 Å². The van der Waals surface area contributed by atoms with Crippen LogP contribution in [-0.4, -0.2) is 22.9 Å². The number of thiazole rings is 1. The highest BCUT2D eigenvalue weighted by Crippen LogP contribution is 2.37. The van der Waals surface area contributed by atoms with Crippen LogP contribution >= 0.6 is 27.3 Å². The number of ether oxygens (including phenoxy) is 1. The fraction of sp³-hybridized carbons (Fsp3) is 0.150. The Labute approximate surface area is 174 Å². The van der Waals surface area contributed by atoms with Crippen molar-refractivity contribution in [2.24, 2.45) is 0 Å². The molecule has 1 aliphatic heterocycles. The van der Waals surface area contributed by atoms with E-state index >= 15 is 0 Å². The number of halogens is 1. The van der Waals surface area contributed by atoms with Crippen LogP contribution in [0.3, 0.4) is 0 Å². The lowest BCUT2D eigenvalue weighted by molar-refractivity contribution is -0.122. The summed E-state index contributed by atoms with van der Waals surface area (Å²) >= 11 is 4.79. The number of rotatable bonds is 3. The first-order valence-corrected chi connectivity index (χ1v) is 10.2. The predicted molar refractivity (Wildman–Crippen MR) is 113 cm³/mol. The largest absolute Gasteiger partial charge is 0.479 e. The number of aryl methyl sites for hydroxylation is 1. The lowest BCUT2D eigenvalue weighted by atomic mass is 10.1. The highest BCUT2D eigenvalue weighted by molar-refractivity contribution is 9.10. The van der Waals surface area contributed by atoms with Crippen LogP contribution in [0, 0.1) is 6.92 Å². The van der Waals surface area contributed by atoms with Crippen molar-refractivity contribution in [1.82, 2.24) is 4.98 Å². The number of carbonyl (C=O) groups is 2. The fourth-order valence-electron chi connectivity index (χ4n) is 2.88. The van der Waals surface area contributed by atoms with E-state index in [4.69, 9.17) is 4.74 Å². The Morgan fingerprint density at radius 2 is 2.07 bits per heavy atom. The summed E-state index contributed by atoms with van der Waals surface area (Å²) in [7, 11) is 0. The number of carbonyl (C=O) groups excluding carboxylic acids is 2. The number of hydrogen-bond acceptors (Lipinski definition) is 5. The van der Waals surface area contributed by atoms with Crippen molar-refractivity contribution in [2.45, 2.75) is 20.0 Å². The molecule has 142 valence electrons. The Morgan fingerprint density at radius 1 is 1.29 bits per heavy atom. The number of benzene rings is 2. The summed E-state index contributed by atoms with van der Waals surface area (Å²) in [5.41, 5.74) is 2.75. The molecule has 0 radical (unpaired) electrons. The molecule has 0 spiro atoms. The minimum absolute atomic E-state index is 0.180. The fourth-order valence-corrected chi connectivity index (χ4v) is 4.18. The van der Waals surface area contributed by atoms with Crippen LogP contribution < -0.4 is 15.4 Å². The zero-order valence-electron chi connectivity index (χ0n) is 15.1. The number of nitrogens with one attached hydrogen (secondary N) is 2. The van der Waals surface area contributed by atoms with Crippen molar-refractivity contribution in [3.05, 3.63) is 57.4 Å². The van der Waals surface area contributed by atoms with Gasteiger partial charge in [0.2, 0.25) is 0 Å².